The first-order chi connectivity index (χ1) is 9.54. The molecule has 112 valence electrons. The first-order valence-electron chi connectivity index (χ1n) is 5.86. The fraction of sp³-hybridized carbons (Fsp3) is 0.385. The van der Waals surface area contributed by atoms with Crippen LogP contribution >= 0.6 is 50.7 Å². The van der Waals surface area contributed by atoms with E-state index in [1.165, 1.54) is 18.2 Å². The number of halogens is 5. The van der Waals surface area contributed by atoms with Gasteiger partial charge in [-0.2, -0.15) is 0 Å². The van der Waals surface area contributed by atoms with Crippen LogP contribution in [0.4, 0.5) is 4.39 Å². The van der Waals surface area contributed by atoms with Crippen molar-refractivity contribution in [3.05, 3.63) is 33.5 Å². The lowest BCUT2D eigenvalue weighted by molar-refractivity contribution is 0.292. The van der Waals surface area contributed by atoms with Gasteiger partial charge in [0.2, 0.25) is 0 Å². The molecule has 0 saturated heterocycles. The standard InChI is InChI=1S/C13H13BrCl3FO2/c14-4-1-2-5-20-13-10(15)7-9(8-11(13)18)19-6-3-12(16)17/h3,7-8H,1-2,4-6H2. The van der Waals surface area contributed by atoms with Crippen LogP contribution in [0.2, 0.25) is 5.02 Å². The van der Waals surface area contributed by atoms with E-state index in [9.17, 15) is 4.39 Å². The van der Waals surface area contributed by atoms with Gasteiger partial charge in [-0.3, -0.25) is 0 Å². The Labute approximate surface area is 140 Å². The molecule has 7 heteroatoms. The highest BCUT2D eigenvalue weighted by Gasteiger charge is 2.11. The van der Waals surface area contributed by atoms with Crippen LogP contribution in [0.15, 0.2) is 22.7 Å². The molecule has 0 radical (unpaired) electrons. The summed E-state index contributed by atoms with van der Waals surface area (Å²) in [5, 5.41) is 1.05. The van der Waals surface area contributed by atoms with Crippen molar-refractivity contribution in [2.24, 2.45) is 0 Å². The third kappa shape index (κ3) is 6.53. The van der Waals surface area contributed by atoms with Crippen molar-refractivity contribution in [2.75, 3.05) is 18.5 Å². The third-order valence-corrected chi connectivity index (χ3v) is 3.38. The maximum absolute atomic E-state index is 13.8. The maximum Gasteiger partial charge on any atom is 0.173 e. The summed E-state index contributed by atoms with van der Waals surface area (Å²) in [5.41, 5.74) is 0. The van der Waals surface area contributed by atoms with Gasteiger partial charge in [0.25, 0.3) is 0 Å². The Morgan fingerprint density at radius 1 is 1.25 bits per heavy atom. The minimum atomic E-state index is -0.563. The van der Waals surface area contributed by atoms with Crippen molar-refractivity contribution in [2.45, 2.75) is 12.8 Å². The predicted molar refractivity (Wildman–Crippen MR) is 85.2 cm³/mol. The minimum Gasteiger partial charge on any atom is -0.489 e. The summed E-state index contributed by atoms with van der Waals surface area (Å²) in [7, 11) is 0. The van der Waals surface area contributed by atoms with Crippen molar-refractivity contribution in [3.63, 3.8) is 0 Å². The summed E-state index contributed by atoms with van der Waals surface area (Å²) < 4.78 is 24.5. The Morgan fingerprint density at radius 2 is 2.00 bits per heavy atom. The van der Waals surface area contributed by atoms with E-state index in [1.54, 1.807) is 0 Å². The van der Waals surface area contributed by atoms with E-state index in [-0.39, 0.29) is 27.6 Å². The summed E-state index contributed by atoms with van der Waals surface area (Å²) in [4.78, 5) is 0. The average molecular weight is 407 g/mol. The molecule has 1 rings (SSSR count). The molecule has 1 aromatic carbocycles. The fourth-order valence-electron chi connectivity index (χ4n) is 1.33. The molecule has 1 aromatic rings. The predicted octanol–water partition coefficient (Wildman–Crippen LogP) is 5.73. The molecule has 0 aliphatic carbocycles. The Hall–Kier alpha value is -0.160. The quantitative estimate of drug-likeness (QED) is 0.405. The number of ether oxygens (including phenoxy) is 2. The topological polar surface area (TPSA) is 18.5 Å². The summed E-state index contributed by atoms with van der Waals surface area (Å²) in [5.74, 6) is -0.238. The van der Waals surface area contributed by atoms with Gasteiger partial charge in [0.1, 0.15) is 16.8 Å². The Bertz CT molecular complexity index is 442. The smallest absolute Gasteiger partial charge is 0.173 e. The number of benzene rings is 1. The molecule has 0 spiro atoms. The van der Waals surface area contributed by atoms with E-state index in [0.29, 0.717) is 6.61 Å². The minimum absolute atomic E-state index is 0.0412. The number of rotatable bonds is 8. The lowest BCUT2D eigenvalue weighted by Crippen LogP contribution is -2.01. The van der Waals surface area contributed by atoms with Crippen molar-refractivity contribution >= 4 is 50.7 Å². The van der Waals surface area contributed by atoms with E-state index < -0.39 is 5.82 Å². The van der Waals surface area contributed by atoms with Crippen LogP contribution in [0.1, 0.15) is 12.8 Å². The van der Waals surface area contributed by atoms with E-state index in [4.69, 9.17) is 44.3 Å². The molecule has 0 amide bonds. The summed E-state index contributed by atoms with van der Waals surface area (Å²) in [6.07, 6.45) is 3.21. The lowest BCUT2D eigenvalue weighted by atomic mass is 10.3. The maximum atomic E-state index is 13.8. The number of alkyl halides is 1. The van der Waals surface area contributed by atoms with Crippen LogP contribution < -0.4 is 9.47 Å². The van der Waals surface area contributed by atoms with Gasteiger partial charge in [-0.05, 0) is 18.9 Å². The first kappa shape index (κ1) is 17.9. The molecule has 0 fully saturated rings. The van der Waals surface area contributed by atoms with Crippen molar-refractivity contribution in [1.29, 1.82) is 0 Å². The van der Waals surface area contributed by atoms with E-state index in [1.807, 2.05) is 0 Å². The normalized spacial score (nSPS) is 10.2. The van der Waals surface area contributed by atoms with E-state index in [2.05, 4.69) is 15.9 Å². The number of unbranched alkanes of at least 4 members (excludes halogenated alkanes) is 1. The van der Waals surface area contributed by atoms with Gasteiger partial charge >= 0.3 is 0 Å². The van der Waals surface area contributed by atoms with Gasteiger partial charge in [0, 0.05) is 17.5 Å². The Morgan fingerprint density at radius 3 is 2.60 bits per heavy atom. The highest BCUT2D eigenvalue weighted by molar-refractivity contribution is 9.09. The average Bonchev–Trinajstić information content (AvgIpc) is 2.36. The van der Waals surface area contributed by atoms with Gasteiger partial charge in [0.05, 0.1) is 11.6 Å². The SMILES string of the molecule is Fc1cc(OCC=C(Cl)Cl)cc(Cl)c1OCCCCBr. The van der Waals surface area contributed by atoms with Gasteiger partial charge in [-0.25, -0.2) is 4.39 Å². The molecule has 0 N–H and O–H groups in total. The van der Waals surface area contributed by atoms with Crippen molar-refractivity contribution < 1.29 is 13.9 Å². The molecule has 0 atom stereocenters. The zero-order chi connectivity index (χ0) is 15.0. The van der Waals surface area contributed by atoms with Gasteiger partial charge in [0.15, 0.2) is 11.6 Å². The Balaban J connectivity index is 2.63. The molecule has 0 saturated carbocycles. The highest BCUT2D eigenvalue weighted by atomic mass is 79.9. The van der Waals surface area contributed by atoms with Crippen LogP contribution in [0.5, 0.6) is 11.5 Å². The zero-order valence-corrected chi connectivity index (χ0v) is 14.3. The van der Waals surface area contributed by atoms with E-state index in [0.717, 1.165) is 18.2 Å². The van der Waals surface area contributed by atoms with Gasteiger partial charge in [-0.15, -0.1) is 0 Å². The molecule has 0 bridgehead atoms. The lowest BCUT2D eigenvalue weighted by Gasteiger charge is -2.11. The zero-order valence-electron chi connectivity index (χ0n) is 10.5. The van der Waals surface area contributed by atoms with Crippen LogP contribution in [0.3, 0.4) is 0 Å². The molecule has 0 aromatic heterocycles. The van der Waals surface area contributed by atoms with E-state index >= 15 is 0 Å². The van der Waals surface area contributed by atoms with Crippen LogP contribution in [0.25, 0.3) is 0 Å². The third-order valence-electron chi connectivity index (χ3n) is 2.23. The van der Waals surface area contributed by atoms with Crippen LogP contribution in [-0.4, -0.2) is 18.5 Å². The molecule has 20 heavy (non-hydrogen) atoms. The molecule has 2 nitrogen and oxygen atoms in total. The molecule has 0 heterocycles. The summed E-state index contributed by atoms with van der Waals surface area (Å²) in [6.45, 7) is 0.538. The summed E-state index contributed by atoms with van der Waals surface area (Å²) >= 11 is 20.2. The molecular formula is C13H13BrCl3FO2. The molecule has 0 aliphatic rings. The second kappa shape index (κ2) is 9.72. The molecule has 0 unspecified atom stereocenters. The Kier molecular flexibility index (Phi) is 8.69. The number of hydrogen-bond donors (Lipinski definition) is 0. The highest BCUT2D eigenvalue weighted by Crippen LogP contribution is 2.32. The first-order valence-corrected chi connectivity index (χ1v) is 8.12. The fourth-order valence-corrected chi connectivity index (χ4v) is 2.10. The van der Waals surface area contributed by atoms with Crippen LogP contribution in [0, 0.1) is 5.82 Å². The monoisotopic (exact) mass is 404 g/mol. The van der Waals surface area contributed by atoms with Gasteiger partial charge in [-0.1, -0.05) is 50.7 Å². The largest absolute Gasteiger partial charge is 0.489 e. The second-order valence-electron chi connectivity index (χ2n) is 3.77. The van der Waals surface area contributed by atoms with Crippen molar-refractivity contribution in [1.82, 2.24) is 0 Å². The van der Waals surface area contributed by atoms with Crippen molar-refractivity contribution in [3.8, 4) is 11.5 Å². The summed E-state index contributed by atoms with van der Waals surface area (Å²) in [6, 6.07) is 2.70. The molecular weight excluding hydrogens is 393 g/mol. The van der Waals surface area contributed by atoms with Crippen LogP contribution in [-0.2, 0) is 0 Å². The second-order valence-corrected chi connectivity index (χ2v) is 5.97. The van der Waals surface area contributed by atoms with Gasteiger partial charge < -0.3 is 9.47 Å². The molecule has 0 aliphatic heterocycles. The number of hydrogen-bond acceptors (Lipinski definition) is 2.